The van der Waals surface area contributed by atoms with Gasteiger partial charge in [0.15, 0.2) is 0 Å². The normalized spacial score (nSPS) is 21.7. The van der Waals surface area contributed by atoms with Crippen LogP contribution in [-0.2, 0) is 4.79 Å². The molecule has 1 aromatic heterocycles. The van der Waals surface area contributed by atoms with Gasteiger partial charge >= 0.3 is 0 Å². The molecule has 0 radical (unpaired) electrons. The van der Waals surface area contributed by atoms with Crippen LogP contribution in [-0.4, -0.2) is 34.4 Å². The van der Waals surface area contributed by atoms with Crippen LogP contribution in [0.15, 0.2) is 24.5 Å². The minimum atomic E-state index is -0.247. The Labute approximate surface area is 146 Å². The first-order valence-electron chi connectivity index (χ1n) is 9.72. The van der Waals surface area contributed by atoms with Gasteiger partial charge < -0.3 is 5.32 Å². The summed E-state index contributed by atoms with van der Waals surface area (Å²) in [6.45, 7) is 4.37. The predicted octanol–water partition coefficient (Wildman–Crippen LogP) is 3.84. The zero-order valence-electron chi connectivity index (χ0n) is 15.0. The second-order valence-corrected chi connectivity index (χ2v) is 7.39. The van der Waals surface area contributed by atoms with Crippen LogP contribution in [0.2, 0.25) is 0 Å². The number of carbonyl (C=O) groups excluding carboxylic acids is 1. The topological polar surface area (TPSA) is 45.2 Å². The number of hydrogen-bond donors (Lipinski definition) is 1. The lowest BCUT2D eigenvalue weighted by atomic mass is 9.92. The van der Waals surface area contributed by atoms with Crippen LogP contribution in [0.5, 0.6) is 0 Å². The van der Waals surface area contributed by atoms with Crippen molar-refractivity contribution < 1.29 is 4.79 Å². The van der Waals surface area contributed by atoms with Gasteiger partial charge in [-0.1, -0.05) is 38.7 Å². The van der Waals surface area contributed by atoms with Gasteiger partial charge in [0.05, 0.1) is 6.04 Å². The molecule has 24 heavy (non-hydrogen) atoms. The number of aromatic nitrogens is 1. The largest absolute Gasteiger partial charge is 0.348 e. The molecule has 0 spiro atoms. The second kappa shape index (κ2) is 8.11. The third-order valence-electron chi connectivity index (χ3n) is 5.80. The molecular weight excluding hydrogens is 298 g/mol. The maximum atomic E-state index is 13.3. The zero-order chi connectivity index (χ0) is 16.8. The van der Waals surface area contributed by atoms with Crippen LogP contribution >= 0.6 is 0 Å². The first kappa shape index (κ1) is 17.4. The van der Waals surface area contributed by atoms with Gasteiger partial charge in [-0.15, -0.1) is 0 Å². The third-order valence-corrected chi connectivity index (χ3v) is 5.80. The summed E-state index contributed by atoms with van der Waals surface area (Å²) in [4.78, 5) is 20.0. The summed E-state index contributed by atoms with van der Waals surface area (Å²) in [7, 11) is 0. The molecule has 1 aliphatic carbocycles. The van der Waals surface area contributed by atoms with Crippen LogP contribution < -0.4 is 5.32 Å². The van der Waals surface area contributed by atoms with Crippen molar-refractivity contribution in [1.29, 1.82) is 0 Å². The van der Waals surface area contributed by atoms with E-state index in [0.717, 1.165) is 50.8 Å². The summed E-state index contributed by atoms with van der Waals surface area (Å²) >= 11 is 0. The number of nitrogens with one attached hydrogen (secondary N) is 1. The fourth-order valence-corrected chi connectivity index (χ4v) is 4.40. The Morgan fingerprint density at radius 1 is 1.29 bits per heavy atom. The number of unbranched alkanes of at least 4 members (excludes halogenated alkanes) is 1. The number of likely N-dealkylation sites (tertiary alicyclic amines) is 1. The number of nitrogens with zero attached hydrogens (tertiary/aromatic N) is 2. The molecule has 1 aliphatic heterocycles. The van der Waals surface area contributed by atoms with Gasteiger partial charge in [-0.25, -0.2) is 0 Å². The van der Waals surface area contributed by atoms with Gasteiger partial charge in [0.25, 0.3) is 0 Å². The van der Waals surface area contributed by atoms with Crippen molar-refractivity contribution in [2.75, 3.05) is 13.1 Å². The van der Waals surface area contributed by atoms with Crippen molar-refractivity contribution in [2.24, 2.45) is 0 Å². The molecule has 0 aromatic carbocycles. The van der Waals surface area contributed by atoms with Crippen LogP contribution in [0.4, 0.5) is 0 Å². The number of pyridine rings is 1. The lowest BCUT2D eigenvalue weighted by Crippen LogP contribution is -2.56. The van der Waals surface area contributed by atoms with E-state index in [9.17, 15) is 4.79 Å². The van der Waals surface area contributed by atoms with Crippen LogP contribution in [0, 0.1) is 0 Å². The highest BCUT2D eigenvalue weighted by molar-refractivity contribution is 5.87. The summed E-state index contributed by atoms with van der Waals surface area (Å²) < 4.78 is 0. The molecule has 3 rings (SSSR count). The summed E-state index contributed by atoms with van der Waals surface area (Å²) in [6, 6.07) is 4.14. The van der Waals surface area contributed by atoms with Crippen LogP contribution in [0.3, 0.4) is 0 Å². The van der Waals surface area contributed by atoms with Gasteiger partial charge in [0.1, 0.15) is 5.54 Å². The average molecular weight is 329 g/mol. The van der Waals surface area contributed by atoms with Gasteiger partial charge in [-0.2, -0.15) is 0 Å². The van der Waals surface area contributed by atoms with Crippen LogP contribution in [0.25, 0.3) is 0 Å². The quantitative estimate of drug-likeness (QED) is 0.827. The minimum Gasteiger partial charge on any atom is -0.348 e. The predicted molar refractivity (Wildman–Crippen MR) is 96.7 cm³/mol. The van der Waals surface area contributed by atoms with E-state index in [1.165, 1.54) is 25.7 Å². The molecule has 4 heteroatoms. The van der Waals surface area contributed by atoms with E-state index in [4.69, 9.17) is 0 Å². The lowest BCUT2D eigenvalue weighted by molar-refractivity contribution is -0.133. The molecule has 0 unspecified atom stereocenters. The number of amides is 1. The molecule has 1 N–H and O–H groups in total. The van der Waals surface area contributed by atoms with Crippen LogP contribution in [0.1, 0.15) is 76.3 Å². The van der Waals surface area contributed by atoms with Gasteiger partial charge in [-0.05, 0) is 56.8 Å². The fourth-order valence-electron chi connectivity index (χ4n) is 4.40. The monoisotopic (exact) mass is 329 g/mol. The third kappa shape index (κ3) is 3.64. The molecule has 4 nitrogen and oxygen atoms in total. The molecule has 1 aromatic rings. The van der Waals surface area contributed by atoms with E-state index in [-0.39, 0.29) is 17.5 Å². The Balaban J connectivity index is 1.76. The summed E-state index contributed by atoms with van der Waals surface area (Å²) in [5, 5.41) is 3.41. The van der Waals surface area contributed by atoms with E-state index >= 15 is 0 Å². The lowest BCUT2D eigenvalue weighted by Gasteiger charge is -2.38. The molecule has 1 saturated heterocycles. The number of carbonyl (C=O) groups is 1. The minimum absolute atomic E-state index is 0.0891. The van der Waals surface area contributed by atoms with Crippen molar-refractivity contribution >= 4 is 5.91 Å². The summed E-state index contributed by atoms with van der Waals surface area (Å²) in [5.74, 6) is 0.256. The Kier molecular flexibility index (Phi) is 5.88. The van der Waals surface area contributed by atoms with E-state index < -0.39 is 0 Å². The van der Waals surface area contributed by atoms with Crippen molar-refractivity contribution in [3.05, 3.63) is 30.1 Å². The molecule has 1 amide bonds. The molecule has 2 heterocycles. The first-order chi connectivity index (χ1) is 11.8. The molecule has 2 fully saturated rings. The van der Waals surface area contributed by atoms with Crippen molar-refractivity contribution in [1.82, 2.24) is 15.2 Å². The van der Waals surface area contributed by atoms with Crippen molar-refractivity contribution in [3.63, 3.8) is 0 Å². The highest BCUT2D eigenvalue weighted by Crippen LogP contribution is 2.38. The van der Waals surface area contributed by atoms with E-state index in [1.54, 1.807) is 6.20 Å². The standard InChI is InChI=1S/C20H31N3O/c1-2-3-10-18(17-9-8-13-21-16-17)22-19(24)20(11-4-5-12-20)23-14-6-7-15-23/h8-9,13,16,18H,2-7,10-12,14-15H2,1H3,(H,22,24)/t18-/m0/s1. The molecule has 132 valence electrons. The molecule has 2 aliphatic rings. The smallest absolute Gasteiger partial charge is 0.241 e. The van der Waals surface area contributed by atoms with Crippen molar-refractivity contribution in [2.45, 2.75) is 76.3 Å². The Bertz CT molecular complexity index is 519. The highest BCUT2D eigenvalue weighted by atomic mass is 16.2. The molecule has 0 bridgehead atoms. The van der Waals surface area contributed by atoms with Crippen molar-refractivity contribution in [3.8, 4) is 0 Å². The SMILES string of the molecule is CCCC[C@H](NC(=O)C1(N2CCCC2)CCCC1)c1cccnc1. The maximum Gasteiger partial charge on any atom is 0.241 e. The maximum absolute atomic E-state index is 13.3. The van der Waals surface area contributed by atoms with Gasteiger partial charge in [0.2, 0.25) is 5.91 Å². The summed E-state index contributed by atoms with van der Waals surface area (Å²) in [6.07, 6.45) is 13.8. The summed E-state index contributed by atoms with van der Waals surface area (Å²) in [5.41, 5.74) is 0.886. The number of hydrogen-bond acceptors (Lipinski definition) is 3. The Morgan fingerprint density at radius 3 is 2.67 bits per heavy atom. The van der Waals surface area contributed by atoms with Gasteiger partial charge in [-0.3, -0.25) is 14.7 Å². The van der Waals surface area contributed by atoms with E-state index in [0.29, 0.717) is 0 Å². The highest BCUT2D eigenvalue weighted by Gasteiger charge is 2.47. The average Bonchev–Trinajstić information content (AvgIpc) is 3.31. The number of rotatable bonds is 7. The Hall–Kier alpha value is -1.42. The fraction of sp³-hybridized carbons (Fsp3) is 0.700. The molecule has 1 atom stereocenters. The van der Waals surface area contributed by atoms with Gasteiger partial charge in [0, 0.05) is 12.4 Å². The molecule has 1 saturated carbocycles. The molecular formula is C20H31N3O. The van der Waals surface area contributed by atoms with E-state index in [2.05, 4.69) is 28.2 Å². The zero-order valence-corrected chi connectivity index (χ0v) is 15.0. The first-order valence-corrected chi connectivity index (χ1v) is 9.72. The second-order valence-electron chi connectivity index (χ2n) is 7.39. The van der Waals surface area contributed by atoms with E-state index in [1.807, 2.05) is 12.3 Å². The Morgan fingerprint density at radius 2 is 2.04 bits per heavy atom.